The van der Waals surface area contributed by atoms with Gasteiger partial charge in [0.2, 0.25) is 6.79 Å². The largest absolute Gasteiger partial charge is 0.476 e. The summed E-state index contributed by atoms with van der Waals surface area (Å²) in [6.07, 6.45) is -1.00. The summed E-state index contributed by atoms with van der Waals surface area (Å²) in [5, 5.41) is 2.82. The van der Waals surface area contributed by atoms with E-state index in [1.807, 2.05) is 6.07 Å². The third kappa shape index (κ3) is 3.71. The quantitative estimate of drug-likeness (QED) is 0.640. The first-order valence-corrected chi connectivity index (χ1v) is 11.5. The lowest BCUT2D eigenvalue weighted by atomic mass is 10.2. The summed E-state index contributed by atoms with van der Waals surface area (Å²) < 4.78 is 44.4. The third-order valence-electron chi connectivity index (χ3n) is 5.26. The fourth-order valence-electron chi connectivity index (χ4n) is 3.64. The molecule has 0 saturated heterocycles. The van der Waals surface area contributed by atoms with Crippen LogP contribution in [-0.2, 0) is 21.4 Å². The number of anilines is 1. The fraction of sp³-hybridized carbons (Fsp3) is 0.174. The average molecular weight is 452 g/mol. The highest BCUT2D eigenvalue weighted by atomic mass is 32.2. The number of para-hydroxylation sites is 2. The van der Waals surface area contributed by atoms with Crippen molar-refractivity contribution in [3.8, 4) is 17.2 Å². The molecule has 32 heavy (non-hydrogen) atoms. The van der Waals surface area contributed by atoms with E-state index >= 15 is 0 Å². The van der Waals surface area contributed by atoms with E-state index < -0.39 is 22.0 Å². The molecule has 0 fully saturated rings. The summed E-state index contributed by atoms with van der Waals surface area (Å²) in [6, 6.07) is 20.3. The highest BCUT2D eigenvalue weighted by Crippen LogP contribution is 2.37. The summed E-state index contributed by atoms with van der Waals surface area (Å²) in [4.78, 5) is 13.1. The van der Waals surface area contributed by atoms with Gasteiger partial charge in [-0.1, -0.05) is 36.4 Å². The van der Waals surface area contributed by atoms with Crippen LogP contribution < -0.4 is 23.8 Å². The van der Waals surface area contributed by atoms with Gasteiger partial charge in [0, 0.05) is 6.54 Å². The molecule has 0 radical (unpaired) electrons. The molecule has 2 aliphatic heterocycles. The van der Waals surface area contributed by atoms with Crippen molar-refractivity contribution in [3.05, 3.63) is 78.4 Å². The Bertz CT molecular complexity index is 1260. The lowest BCUT2D eigenvalue weighted by Crippen LogP contribution is -2.50. The first kappa shape index (κ1) is 20.2. The van der Waals surface area contributed by atoms with E-state index in [9.17, 15) is 13.2 Å². The first-order valence-electron chi connectivity index (χ1n) is 10.0. The van der Waals surface area contributed by atoms with Crippen molar-refractivity contribution in [3.63, 3.8) is 0 Å². The van der Waals surface area contributed by atoms with Crippen LogP contribution in [0.4, 0.5) is 5.69 Å². The monoisotopic (exact) mass is 452 g/mol. The summed E-state index contributed by atoms with van der Waals surface area (Å²) in [6.45, 7) is 0.274. The second kappa shape index (κ2) is 8.08. The second-order valence-corrected chi connectivity index (χ2v) is 9.19. The predicted octanol–water partition coefficient (Wildman–Crippen LogP) is 2.69. The number of amides is 1. The zero-order chi connectivity index (χ0) is 22.1. The minimum Gasteiger partial charge on any atom is -0.476 e. The molecule has 9 heteroatoms. The van der Waals surface area contributed by atoms with Gasteiger partial charge in [-0.05, 0) is 42.0 Å². The average Bonchev–Trinajstić information content (AvgIpc) is 3.30. The van der Waals surface area contributed by atoms with Crippen LogP contribution in [0, 0.1) is 0 Å². The van der Waals surface area contributed by atoms with Crippen molar-refractivity contribution in [2.75, 3.05) is 17.6 Å². The van der Waals surface area contributed by atoms with Crippen molar-refractivity contribution >= 4 is 21.6 Å². The Morgan fingerprint density at radius 2 is 1.69 bits per heavy atom. The molecular formula is C23H20N2O6S. The number of carbonyl (C=O) groups is 1. The number of hydrogen-bond donors (Lipinski definition) is 1. The zero-order valence-electron chi connectivity index (χ0n) is 16.9. The van der Waals surface area contributed by atoms with E-state index in [1.54, 1.807) is 54.6 Å². The Morgan fingerprint density at radius 3 is 2.53 bits per heavy atom. The summed E-state index contributed by atoms with van der Waals surface area (Å²) in [7, 11) is -3.87. The van der Waals surface area contributed by atoms with Gasteiger partial charge in [0.15, 0.2) is 17.6 Å². The molecule has 5 rings (SSSR count). The summed E-state index contributed by atoms with van der Waals surface area (Å²) in [5.41, 5.74) is 1.23. The van der Waals surface area contributed by atoms with E-state index in [2.05, 4.69) is 5.32 Å². The topological polar surface area (TPSA) is 94.2 Å². The molecular weight excluding hydrogens is 432 g/mol. The van der Waals surface area contributed by atoms with Crippen molar-refractivity contribution < 1.29 is 27.4 Å². The number of hydrogen-bond acceptors (Lipinski definition) is 6. The molecule has 0 bridgehead atoms. The molecule has 0 unspecified atom stereocenters. The Kier molecular flexibility index (Phi) is 5.10. The van der Waals surface area contributed by atoms with Gasteiger partial charge in [-0.25, -0.2) is 8.42 Å². The van der Waals surface area contributed by atoms with Crippen molar-refractivity contribution in [2.24, 2.45) is 0 Å². The number of fused-ring (bicyclic) bond motifs is 2. The van der Waals surface area contributed by atoms with Gasteiger partial charge in [-0.15, -0.1) is 0 Å². The Morgan fingerprint density at radius 1 is 0.938 bits per heavy atom. The van der Waals surface area contributed by atoms with Crippen LogP contribution in [0.2, 0.25) is 0 Å². The molecule has 2 aliphatic rings. The number of rotatable bonds is 5. The number of sulfonamides is 1. The maximum atomic E-state index is 13.3. The van der Waals surface area contributed by atoms with Crippen LogP contribution in [0.25, 0.3) is 0 Å². The van der Waals surface area contributed by atoms with Gasteiger partial charge in [-0.2, -0.15) is 0 Å². The van der Waals surface area contributed by atoms with Crippen LogP contribution in [0.15, 0.2) is 77.7 Å². The van der Waals surface area contributed by atoms with Crippen LogP contribution in [0.5, 0.6) is 17.2 Å². The molecule has 0 aliphatic carbocycles. The van der Waals surface area contributed by atoms with Gasteiger partial charge in [0.05, 0.1) is 17.1 Å². The predicted molar refractivity (Wildman–Crippen MR) is 116 cm³/mol. The minimum atomic E-state index is -3.87. The highest BCUT2D eigenvalue weighted by Gasteiger charge is 2.37. The van der Waals surface area contributed by atoms with Gasteiger partial charge < -0.3 is 19.5 Å². The normalized spacial score (nSPS) is 16.8. The number of ether oxygens (including phenoxy) is 3. The smallest absolute Gasteiger partial charge is 0.264 e. The van der Waals surface area contributed by atoms with Gasteiger partial charge in [0.1, 0.15) is 5.75 Å². The fourth-order valence-corrected chi connectivity index (χ4v) is 5.14. The van der Waals surface area contributed by atoms with E-state index in [4.69, 9.17) is 14.2 Å². The molecule has 8 nitrogen and oxygen atoms in total. The van der Waals surface area contributed by atoms with Crippen molar-refractivity contribution in [1.82, 2.24) is 5.32 Å². The number of nitrogens with zero attached hydrogens (tertiary/aromatic N) is 1. The Hall–Kier alpha value is -3.72. The maximum absolute atomic E-state index is 13.3. The van der Waals surface area contributed by atoms with Crippen molar-refractivity contribution in [1.29, 1.82) is 0 Å². The van der Waals surface area contributed by atoms with Gasteiger partial charge in [0.25, 0.3) is 15.9 Å². The molecule has 0 aromatic heterocycles. The zero-order valence-corrected chi connectivity index (χ0v) is 17.7. The summed E-state index contributed by atoms with van der Waals surface area (Å²) in [5.74, 6) is 1.21. The molecule has 1 amide bonds. The third-order valence-corrected chi connectivity index (χ3v) is 7.06. The number of benzene rings is 3. The molecule has 1 atom stereocenters. The van der Waals surface area contributed by atoms with Crippen molar-refractivity contribution in [2.45, 2.75) is 17.5 Å². The van der Waals surface area contributed by atoms with Crippen LogP contribution >= 0.6 is 0 Å². The first-order chi connectivity index (χ1) is 15.5. The van der Waals surface area contributed by atoms with Crippen LogP contribution in [-0.4, -0.2) is 33.8 Å². The SMILES string of the molecule is O=C(NCc1ccc2c(c1)OCO2)[C@H]1CN(S(=O)(=O)c2ccccc2)c2ccccc2O1. The van der Waals surface area contributed by atoms with E-state index in [0.717, 1.165) is 5.56 Å². The maximum Gasteiger partial charge on any atom is 0.264 e. The molecule has 0 saturated carbocycles. The lowest BCUT2D eigenvalue weighted by molar-refractivity contribution is -0.127. The molecule has 1 N–H and O–H groups in total. The molecule has 3 aromatic carbocycles. The molecule has 3 aromatic rings. The summed E-state index contributed by atoms with van der Waals surface area (Å²) >= 11 is 0. The molecule has 2 heterocycles. The number of nitrogens with one attached hydrogen (secondary N) is 1. The molecule has 0 spiro atoms. The van der Waals surface area contributed by atoms with Gasteiger partial charge >= 0.3 is 0 Å². The van der Waals surface area contributed by atoms with E-state index in [1.165, 1.54) is 16.4 Å². The van der Waals surface area contributed by atoms with Crippen LogP contribution in [0.1, 0.15) is 5.56 Å². The van der Waals surface area contributed by atoms with Crippen LogP contribution in [0.3, 0.4) is 0 Å². The Labute approximate surface area is 185 Å². The second-order valence-electron chi connectivity index (χ2n) is 7.33. The minimum absolute atomic E-state index is 0.138. The molecule has 164 valence electrons. The Balaban J connectivity index is 1.37. The number of carbonyl (C=O) groups excluding carboxylic acids is 1. The standard InChI is InChI=1S/C23H20N2O6S/c26-23(24-13-16-10-11-20-21(12-16)30-15-29-20)22-14-25(18-8-4-5-9-19(18)31-22)32(27,28)17-6-2-1-3-7-17/h1-12,22H,13-15H2,(H,24,26)/t22-/m1/s1. The highest BCUT2D eigenvalue weighted by molar-refractivity contribution is 7.92. The van der Waals surface area contributed by atoms with E-state index in [0.29, 0.717) is 22.9 Å². The van der Waals surface area contributed by atoms with Gasteiger partial charge in [-0.3, -0.25) is 9.10 Å². The lowest BCUT2D eigenvalue weighted by Gasteiger charge is -2.34. The van der Waals surface area contributed by atoms with E-state index in [-0.39, 0.29) is 24.8 Å².